The summed E-state index contributed by atoms with van der Waals surface area (Å²) < 4.78 is 10.9. The highest BCUT2D eigenvalue weighted by molar-refractivity contribution is 6.05. The Balaban J connectivity index is 1.97. The van der Waals surface area contributed by atoms with Crippen LogP contribution in [0.5, 0.6) is 0 Å². The van der Waals surface area contributed by atoms with Gasteiger partial charge in [-0.25, -0.2) is 9.78 Å². The van der Waals surface area contributed by atoms with Crippen LogP contribution in [-0.4, -0.2) is 41.0 Å². The largest absolute Gasteiger partial charge is 0.462 e. The van der Waals surface area contributed by atoms with E-state index in [1.54, 1.807) is 0 Å². The second kappa shape index (κ2) is 6.16. The van der Waals surface area contributed by atoms with E-state index in [1.165, 1.54) is 0 Å². The van der Waals surface area contributed by atoms with Gasteiger partial charge >= 0.3 is 5.97 Å². The molecule has 1 N–H and O–H groups in total. The number of carbonyl (C=O) groups excluding carboxylic acids is 1. The quantitative estimate of drug-likeness (QED) is 0.872. The summed E-state index contributed by atoms with van der Waals surface area (Å²) in [6, 6.07) is 0. The Hall–Kier alpha value is -1.95. The van der Waals surface area contributed by atoms with Gasteiger partial charge in [0.1, 0.15) is 0 Å². The molecule has 0 radical (unpaired) electrons. The molecule has 1 saturated carbocycles. The number of hydrogen-bond acceptors (Lipinski definition) is 5. The highest BCUT2D eigenvalue weighted by Crippen LogP contribution is 2.46. The van der Waals surface area contributed by atoms with E-state index in [9.17, 15) is 4.79 Å². The number of hydrogen-bond donors (Lipinski definition) is 1. The van der Waals surface area contributed by atoms with E-state index in [0.717, 1.165) is 61.2 Å². The van der Waals surface area contributed by atoms with Crippen LogP contribution in [0, 0.1) is 6.92 Å². The monoisotopic (exact) mass is 329 g/mol. The number of esters is 1. The molecule has 0 aromatic carbocycles. The minimum absolute atomic E-state index is 0.252. The second-order valence-electron chi connectivity index (χ2n) is 6.71. The summed E-state index contributed by atoms with van der Waals surface area (Å²) in [5, 5.41) is 8.11. The van der Waals surface area contributed by atoms with Crippen LogP contribution in [-0.2, 0) is 9.47 Å². The van der Waals surface area contributed by atoms with Gasteiger partial charge in [0.2, 0.25) is 0 Å². The van der Waals surface area contributed by atoms with Crippen LogP contribution >= 0.6 is 0 Å². The molecule has 4 rings (SSSR count). The van der Waals surface area contributed by atoms with Gasteiger partial charge in [-0.15, -0.1) is 0 Å². The average molecular weight is 329 g/mol. The number of nitrogens with zero attached hydrogens (tertiary/aromatic N) is 2. The first kappa shape index (κ1) is 15.6. The van der Waals surface area contributed by atoms with E-state index >= 15 is 0 Å². The van der Waals surface area contributed by atoms with E-state index in [2.05, 4.69) is 10.2 Å². The first-order chi connectivity index (χ1) is 11.7. The van der Waals surface area contributed by atoms with Crippen molar-refractivity contribution in [3.8, 4) is 0 Å². The van der Waals surface area contributed by atoms with E-state index in [0.29, 0.717) is 29.7 Å². The lowest BCUT2D eigenvalue weighted by Gasteiger charge is -2.26. The molecular formula is C18H23N3O3. The van der Waals surface area contributed by atoms with E-state index in [-0.39, 0.29) is 5.97 Å². The molecule has 2 fully saturated rings. The molecule has 128 valence electrons. The number of ether oxygens (including phenoxy) is 2. The fourth-order valence-electron chi connectivity index (χ4n) is 3.72. The molecular weight excluding hydrogens is 306 g/mol. The summed E-state index contributed by atoms with van der Waals surface area (Å²) in [6.45, 7) is 5.61. The molecule has 2 aromatic heterocycles. The number of rotatable bonds is 4. The zero-order valence-electron chi connectivity index (χ0n) is 14.2. The van der Waals surface area contributed by atoms with Crippen molar-refractivity contribution in [3.63, 3.8) is 0 Å². The molecule has 3 heterocycles. The van der Waals surface area contributed by atoms with Crippen LogP contribution in [0.15, 0.2) is 0 Å². The third-order valence-corrected chi connectivity index (χ3v) is 5.02. The first-order valence-electron chi connectivity index (χ1n) is 8.84. The molecule has 0 bridgehead atoms. The third-order valence-electron chi connectivity index (χ3n) is 5.02. The number of nitrogens with one attached hydrogen (secondary N) is 1. The van der Waals surface area contributed by atoms with Gasteiger partial charge in [-0.3, -0.25) is 5.10 Å². The Morgan fingerprint density at radius 2 is 2.00 bits per heavy atom. The highest BCUT2D eigenvalue weighted by atomic mass is 16.5. The Morgan fingerprint density at radius 3 is 2.67 bits per heavy atom. The van der Waals surface area contributed by atoms with Crippen molar-refractivity contribution >= 4 is 17.0 Å². The molecule has 6 heteroatoms. The van der Waals surface area contributed by atoms with Crippen molar-refractivity contribution in [1.29, 1.82) is 0 Å². The van der Waals surface area contributed by atoms with Crippen molar-refractivity contribution < 1.29 is 14.3 Å². The molecule has 0 amide bonds. The molecule has 0 spiro atoms. The lowest BCUT2D eigenvalue weighted by molar-refractivity contribution is 0.0521. The Morgan fingerprint density at radius 1 is 1.25 bits per heavy atom. The van der Waals surface area contributed by atoms with Crippen molar-refractivity contribution in [2.45, 2.75) is 51.4 Å². The van der Waals surface area contributed by atoms with Gasteiger partial charge in [0.05, 0.1) is 23.3 Å². The van der Waals surface area contributed by atoms with Gasteiger partial charge in [0.15, 0.2) is 5.65 Å². The molecule has 1 aliphatic carbocycles. The molecule has 2 aliphatic rings. The summed E-state index contributed by atoms with van der Waals surface area (Å²) >= 11 is 0. The zero-order valence-corrected chi connectivity index (χ0v) is 14.2. The fourth-order valence-corrected chi connectivity index (χ4v) is 3.72. The summed E-state index contributed by atoms with van der Waals surface area (Å²) in [5.41, 5.74) is 4.34. The number of aromatic amines is 1. The van der Waals surface area contributed by atoms with E-state index < -0.39 is 0 Å². The smallest absolute Gasteiger partial charge is 0.339 e. The lowest BCUT2D eigenvalue weighted by atomic mass is 9.84. The Kier molecular flexibility index (Phi) is 4.00. The van der Waals surface area contributed by atoms with E-state index in [1.807, 2.05) is 13.8 Å². The number of aryl methyl sites for hydroxylation is 1. The summed E-state index contributed by atoms with van der Waals surface area (Å²) in [5.74, 6) is 0.509. The predicted molar refractivity (Wildman–Crippen MR) is 89.4 cm³/mol. The van der Waals surface area contributed by atoms with Crippen molar-refractivity contribution in [3.05, 3.63) is 22.5 Å². The Bertz CT molecular complexity index is 773. The molecule has 0 atom stereocenters. The van der Waals surface area contributed by atoms with Gasteiger partial charge in [0, 0.05) is 24.8 Å². The topological polar surface area (TPSA) is 77.1 Å². The lowest BCUT2D eigenvalue weighted by Crippen LogP contribution is -2.20. The SMILES string of the molecule is CCOC(=O)c1c(C2CCOCC2)c(C2CC2)nc2n[nH]c(C)c12. The second-order valence-corrected chi connectivity index (χ2v) is 6.71. The van der Waals surface area contributed by atoms with Crippen LogP contribution in [0.25, 0.3) is 11.0 Å². The third kappa shape index (κ3) is 2.59. The molecule has 24 heavy (non-hydrogen) atoms. The van der Waals surface area contributed by atoms with Crippen molar-refractivity contribution in [2.75, 3.05) is 19.8 Å². The number of pyridine rings is 1. The standard InChI is InChI=1S/C18H23N3O3/c1-3-24-18(22)15-13-10(2)20-21-17(13)19-16(12-4-5-12)14(15)11-6-8-23-9-7-11/h11-12H,3-9H2,1-2H3,(H,19,20,21). The van der Waals surface area contributed by atoms with Crippen molar-refractivity contribution in [2.24, 2.45) is 0 Å². The van der Waals surface area contributed by atoms with Crippen LogP contribution in [0.4, 0.5) is 0 Å². The summed E-state index contributed by atoms with van der Waals surface area (Å²) in [6.07, 6.45) is 4.13. The van der Waals surface area contributed by atoms with Crippen LogP contribution in [0.2, 0.25) is 0 Å². The number of carbonyl (C=O) groups is 1. The Labute approximate surface area is 140 Å². The van der Waals surface area contributed by atoms with Crippen LogP contribution < -0.4 is 0 Å². The fraction of sp³-hybridized carbons (Fsp3) is 0.611. The molecule has 1 aliphatic heterocycles. The molecule has 1 saturated heterocycles. The summed E-state index contributed by atoms with van der Waals surface area (Å²) in [7, 11) is 0. The number of H-pyrrole nitrogens is 1. The van der Waals surface area contributed by atoms with Gasteiger partial charge in [0.25, 0.3) is 0 Å². The zero-order chi connectivity index (χ0) is 16.7. The normalized spacial score (nSPS) is 18.9. The maximum atomic E-state index is 12.8. The molecule has 0 unspecified atom stereocenters. The number of fused-ring (bicyclic) bond motifs is 1. The molecule has 2 aromatic rings. The number of aromatic nitrogens is 3. The molecule has 6 nitrogen and oxygen atoms in total. The van der Waals surface area contributed by atoms with Gasteiger partial charge in [-0.1, -0.05) is 0 Å². The first-order valence-corrected chi connectivity index (χ1v) is 8.84. The van der Waals surface area contributed by atoms with Gasteiger partial charge in [-0.05, 0) is 51.0 Å². The van der Waals surface area contributed by atoms with Gasteiger partial charge in [-0.2, -0.15) is 5.10 Å². The maximum Gasteiger partial charge on any atom is 0.339 e. The van der Waals surface area contributed by atoms with Crippen LogP contribution in [0.3, 0.4) is 0 Å². The predicted octanol–water partition coefficient (Wildman–Crippen LogP) is 3.21. The maximum absolute atomic E-state index is 12.8. The minimum Gasteiger partial charge on any atom is -0.462 e. The van der Waals surface area contributed by atoms with Gasteiger partial charge < -0.3 is 9.47 Å². The van der Waals surface area contributed by atoms with E-state index in [4.69, 9.17) is 14.5 Å². The van der Waals surface area contributed by atoms with Crippen LogP contribution in [0.1, 0.15) is 71.8 Å². The average Bonchev–Trinajstić information content (AvgIpc) is 3.38. The minimum atomic E-state index is -0.252. The summed E-state index contributed by atoms with van der Waals surface area (Å²) in [4.78, 5) is 17.7. The van der Waals surface area contributed by atoms with Crippen molar-refractivity contribution in [1.82, 2.24) is 15.2 Å². The highest BCUT2D eigenvalue weighted by Gasteiger charge is 2.36.